The van der Waals surface area contributed by atoms with Gasteiger partial charge in [-0.15, -0.1) is 21.5 Å². The second kappa shape index (κ2) is 6.12. The van der Waals surface area contributed by atoms with Crippen LogP contribution in [0.5, 0.6) is 0 Å². The van der Waals surface area contributed by atoms with Gasteiger partial charge in [0.15, 0.2) is 5.65 Å². The topological polar surface area (TPSA) is 59.3 Å². The fourth-order valence-corrected chi connectivity index (χ4v) is 4.25. The second-order valence-corrected chi connectivity index (χ2v) is 6.77. The van der Waals surface area contributed by atoms with E-state index >= 15 is 0 Å². The highest BCUT2D eigenvalue weighted by Crippen LogP contribution is 2.30. The fourth-order valence-electron chi connectivity index (χ4n) is 3.13. The summed E-state index contributed by atoms with van der Waals surface area (Å²) in [6.45, 7) is 0.569. The first-order valence-electron chi connectivity index (χ1n) is 7.99. The zero-order valence-corrected chi connectivity index (χ0v) is 13.6. The Morgan fingerprint density at radius 1 is 1.26 bits per heavy atom. The number of nitrogens with one attached hydrogen (secondary N) is 1. The molecule has 1 N–H and O–H groups in total. The number of carbonyl (C=O) groups excluding carboxylic acids is 1. The first-order valence-corrected chi connectivity index (χ1v) is 8.87. The lowest BCUT2D eigenvalue weighted by molar-refractivity contribution is 0.0953. The molecule has 0 radical (unpaired) electrons. The Bertz CT molecular complexity index is 851. The van der Waals surface area contributed by atoms with Gasteiger partial charge in [-0.2, -0.15) is 0 Å². The van der Waals surface area contributed by atoms with E-state index in [0.29, 0.717) is 13.0 Å². The molecule has 0 fully saturated rings. The van der Waals surface area contributed by atoms with Crippen molar-refractivity contribution in [1.82, 2.24) is 19.9 Å². The van der Waals surface area contributed by atoms with Crippen molar-refractivity contribution in [2.24, 2.45) is 0 Å². The van der Waals surface area contributed by atoms with Gasteiger partial charge in [-0.1, -0.05) is 6.07 Å². The Balaban J connectivity index is 1.41. The summed E-state index contributed by atoms with van der Waals surface area (Å²) in [4.78, 5) is 13.8. The zero-order valence-electron chi connectivity index (χ0n) is 12.8. The molecule has 1 amide bonds. The third kappa shape index (κ3) is 2.74. The predicted octanol–water partition coefficient (Wildman–Crippen LogP) is 2.64. The van der Waals surface area contributed by atoms with Crippen LogP contribution in [0, 0.1) is 0 Å². The highest BCUT2D eigenvalue weighted by Gasteiger charge is 2.19. The molecule has 4 rings (SSSR count). The molecule has 1 aliphatic rings. The third-order valence-corrected chi connectivity index (χ3v) is 5.41. The average Bonchev–Trinajstić information content (AvgIpc) is 3.19. The van der Waals surface area contributed by atoms with Gasteiger partial charge in [0.05, 0.1) is 5.56 Å². The van der Waals surface area contributed by atoms with E-state index in [1.54, 1.807) is 11.3 Å². The molecule has 5 nitrogen and oxygen atoms in total. The van der Waals surface area contributed by atoms with Crippen LogP contribution >= 0.6 is 11.3 Å². The van der Waals surface area contributed by atoms with Crippen molar-refractivity contribution in [1.29, 1.82) is 0 Å². The summed E-state index contributed by atoms with van der Waals surface area (Å²) in [6.07, 6.45) is 7.21. The van der Waals surface area contributed by atoms with E-state index in [0.717, 1.165) is 29.9 Å². The van der Waals surface area contributed by atoms with E-state index in [1.807, 2.05) is 34.2 Å². The fraction of sp³-hybridized carbons (Fsp3) is 0.353. The summed E-state index contributed by atoms with van der Waals surface area (Å²) in [5, 5.41) is 13.4. The number of hydrogen-bond donors (Lipinski definition) is 1. The number of rotatable bonds is 4. The smallest absolute Gasteiger partial charge is 0.252 e. The van der Waals surface area contributed by atoms with Gasteiger partial charge in [0.1, 0.15) is 5.82 Å². The van der Waals surface area contributed by atoms with Crippen molar-refractivity contribution in [3.63, 3.8) is 0 Å². The summed E-state index contributed by atoms with van der Waals surface area (Å²) in [5.74, 6) is 0.909. The number of aromatic nitrogens is 3. The molecule has 0 saturated heterocycles. The van der Waals surface area contributed by atoms with E-state index < -0.39 is 0 Å². The molecular weight excluding hydrogens is 308 g/mol. The molecule has 0 saturated carbocycles. The van der Waals surface area contributed by atoms with Crippen LogP contribution in [0.2, 0.25) is 0 Å². The lowest BCUT2D eigenvalue weighted by Gasteiger charge is -2.12. The molecule has 6 heteroatoms. The van der Waals surface area contributed by atoms with E-state index in [-0.39, 0.29) is 5.91 Å². The van der Waals surface area contributed by atoms with Crippen LogP contribution in [0.1, 0.15) is 39.5 Å². The van der Waals surface area contributed by atoms with Gasteiger partial charge >= 0.3 is 0 Å². The Labute approximate surface area is 138 Å². The highest BCUT2D eigenvalue weighted by molar-refractivity contribution is 7.10. The van der Waals surface area contributed by atoms with Crippen LogP contribution in [-0.2, 0) is 19.3 Å². The molecule has 0 aromatic carbocycles. The number of pyridine rings is 1. The largest absolute Gasteiger partial charge is 0.352 e. The van der Waals surface area contributed by atoms with Crippen molar-refractivity contribution >= 4 is 22.9 Å². The molecule has 0 bridgehead atoms. The lowest BCUT2D eigenvalue weighted by Crippen LogP contribution is -2.27. The van der Waals surface area contributed by atoms with E-state index in [2.05, 4.69) is 15.5 Å². The van der Waals surface area contributed by atoms with Crippen molar-refractivity contribution in [2.75, 3.05) is 6.54 Å². The van der Waals surface area contributed by atoms with Gasteiger partial charge in [-0.05, 0) is 43.4 Å². The van der Waals surface area contributed by atoms with Crippen LogP contribution in [0.4, 0.5) is 0 Å². The quantitative estimate of drug-likeness (QED) is 0.802. The number of nitrogens with zero attached hydrogens (tertiary/aromatic N) is 3. The van der Waals surface area contributed by atoms with E-state index in [9.17, 15) is 4.79 Å². The van der Waals surface area contributed by atoms with Gasteiger partial charge in [0, 0.05) is 29.4 Å². The monoisotopic (exact) mass is 326 g/mol. The maximum Gasteiger partial charge on any atom is 0.252 e. The molecule has 3 heterocycles. The normalized spacial score (nSPS) is 13.9. The SMILES string of the molecule is O=C(NCCc1nnc2ccccn12)c1csc2c1CCCC2. The standard InChI is InChI=1S/C17H18N4OS/c22-17(13-11-23-14-6-2-1-5-12(13)14)18-9-8-16-20-19-15-7-3-4-10-21(15)16/h3-4,7,10-11H,1-2,5-6,8-9H2,(H,18,22). The van der Waals surface area contributed by atoms with Crippen molar-refractivity contribution in [2.45, 2.75) is 32.1 Å². The summed E-state index contributed by atoms with van der Waals surface area (Å²) in [6, 6.07) is 5.82. The molecule has 23 heavy (non-hydrogen) atoms. The summed E-state index contributed by atoms with van der Waals surface area (Å²) in [7, 11) is 0. The van der Waals surface area contributed by atoms with E-state index in [4.69, 9.17) is 0 Å². The number of fused-ring (bicyclic) bond motifs is 2. The minimum atomic E-state index is 0.0400. The maximum atomic E-state index is 12.4. The van der Waals surface area contributed by atoms with Crippen LogP contribution in [0.3, 0.4) is 0 Å². The van der Waals surface area contributed by atoms with Crippen LogP contribution < -0.4 is 5.32 Å². The minimum absolute atomic E-state index is 0.0400. The van der Waals surface area contributed by atoms with Crippen molar-refractivity contribution in [3.05, 3.63) is 51.6 Å². The Morgan fingerprint density at radius 3 is 3.13 bits per heavy atom. The summed E-state index contributed by atoms with van der Waals surface area (Å²) in [5.41, 5.74) is 2.98. The molecule has 0 aliphatic heterocycles. The predicted molar refractivity (Wildman–Crippen MR) is 90.0 cm³/mol. The first kappa shape index (κ1) is 14.4. The molecule has 0 spiro atoms. The average molecular weight is 326 g/mol. The van der Waals surface area contributed by atoms with Crippen LogP contribution in [0.25, 0.3) is 5.65 Å². The van der Waals surface area contributed by atoms with Crippen LogP contribution in [0.15, 0.2) is 29.8 Å². The highest BCUT2D eigenvalue weighted by atomic mass is 32.1. The van der Waals surface area contributed by atoms with Gasteiger partial charge in [-0.3, -0.25) is 9.20 Å². The van der Waals surface area contributed by atoms with Gasteiger partial charge in [-0.25, -0.2) is 0 Å². The summed E-state index contributed by atoms with van der Waals surface area (Å²) < 4.78 is 1.96. The van der Waals surface area contributed by atoms with Crippen molar-refractivity contribution in [3.8, 4) is 0 Å². The van der Waals surface area contributed by atoms with Gasteiger partial charge in [0.2, 0.25) is 0 Å². The second-order valence-electron chi connectivity index (χ2n) is 5.81. The minimum Gasteiger partial charge on any atom is -0.352 e. The van der Waals surface area contributed by atoms with Gasteiger partial charge in [0.25, 0.3) is 5.91 Å². The van der Waals surface area contributed by atoms with Crippen molar-refractivity contribution < 1.29 is 4.79 Å². The third-order valence-electron chi connectivity index (χ3n) is 4.32. The number of thiophene rings is 1. The van der Waals surface area contributed by atoms with Crippen LogP contribution in [-0.4, -0.2) is 27.0 Å². The van der Waals surface area contributed by atoms with Gasteiger partial charge < -0.3 is 5.32 Å². The van der Waals surface area contributed by atoms with E-state index in [1.165, 1.54) is 23.3 Å². The molecule has 0 unspecified atom stereocenters. The first-order chi connectivity index (χ1) is 11.3. The Hall–Kier alpha value is -2.21. The molecule has 3 aromatic rings. The molecule has 118 valence electrons. The lowest BCUT2D eigenvalue weighted by atomic mass is 9.96. The Kier molecular flexibility index (Phi) is 3.83. The zero-order chi connectivity index (χ0) is 15.6. The maximum absolute atomic E-state index is 12.4. The molecular formula is C17H18N4OS. The number of aryl methyl sites for hydroxylation is 1. The summed E-state index contributed by atoms with van der Waals surface area (Å²) >= 11 is 1.73. The molecule has 1 aliphatic carbocycles. The molecule has 3 aromatic heterocycles. The molecule has 0 atom stereocenters. The Morgan fingerprint density at radius 2 is 2.17 bits per heavy atom. The number of amides is 1. The number of carbonyl (C=O) groups is 1. The number of hydrogen-bond acceptors (Lipinski definition) is 4.